The van der Waals surface area contributed by atoms with Gasteiger partial charge in [0.15, 0.2) is 5.78 Å². The lowest BCUT2D eigenvalue weighted by Gasteiger charge is -2.37. The molecule has 0 aromatic heterocycles. The predicted octanol–water partition coefficient (Wildman–Crippen LogP) is -0.400. The van der Waals surface area contributed by atoms with Crippen molar-refractivity contribution in [3.63, 3.8) is 0 Å². The zero-order chi connectivity index (χ0) is 9.42. The quantitative estimate of drug-likeness (QED) is 0.537. The summed E-state index contributed by atoms with van der Waals surface area (Å²) >= 11 is 0. The first-order chi connectivity index (χ1) is 6.18. The molecule has 0 amide bonds. The van der Waals surface area contributed by atoms with E-state index in [0.717, 1.165) is 0 Å². The van der Waals surface area contributed by atoms with Crippen molar-refractivity contribution in [2.75, 3.05) is 0 Å². The van der Waals surface area contributed by atoms with Gasteiger partial charge in [0, 0.05) is 18.9 Å². The summed E-state index contributed by atoms with van der Waals surface area (Å²) in [7, 11) is 0. The molecule has 0 spiro atoms. The molecule has 0 saturated heterocycles. The number of hydrogen-bond acceptors (Lipinski definition) is 4. The van der Waals surface area contributed by atoms with Crippen LogP contribution in [0.15, 0.2) is 12.3 Å². The molecule has 0 aromatic rings. The fourth-order valence-electron chi connectivity index (χ4n) is 2.02. The number of carbonyl (C=O) groups excluding carboxylic acids is 1. The Morgan fingerprint density at radius 2 is 2.15 bits per heavy atom. The van der Waals surface area contributed by atoms with Crippen LogP contribution in [0.25, 0.3) is 0 Å². The summed E-state index contributed by atoms with van der Waals surface area (Å²) in [5, 5.41) is 18.9. The van der Waals surface area contributed by atoms with E-state index in [1.54, 1.807) is 0 Å². The highest BCUT2D eigenvalue weighted by Gasteiger charge is 2.42. The smallest absolute Gasteiger partial charge is 0.168 e. The van der Waals surface area contributed by atoms with Crippen molar-refractivity contribution in [1.82, 2.24) is 0 Å². The van der Waals surface area contributed by atoms with Crippen LogP contribution in [0.3, 0.4) is 0 Å². The molecule has 0 bridgehead atoms. The van der Waals surface area contributed by atoms with Crippen molar-refractivity contribution < 1.29 is 19.7 Å². The van der Waals surface area contributed by atoms with E-state index < -0.39 is 18.1 Å². The fraction of sp³-hybridized carbons (Fsp3) is 0.667. The summed E-state index contributed by atoms with van der Waals surface area (Å²) in [4.78, 5) is 11.3. The van der Waals surface area contributed by atoms with Crippen molar-refractivity contribution in [3.05, 3.63) is 12.3 Å². The Morgan fingerprint density at radius 3 is 2.92 bits per heavy atom. The molecule has 4 nitrogen and oxygen atoms in total. The molecule has 2 aliphatic rings. The van der Waals surface area contributed by atoms with Crippen LogP contribution in [0.4, 0.5) is 0 Å². The van der Waals surface area contributed by atoms with E-state index in [1.165, 1.54) is 12.3 Å². The van der Waals surface area contributed by atoms with E-state index in [1.807, 2.05) is 0 Å². The van der Waals surface area contributed by atoms with Crippen LogP contribution < -0.4 is 0 Å². The Balaban J connectivity index is 2.19. The maximum absolute atomic E-state index is 11.3. The van der Waals surface area contributed by atoms with Gasteiger partial charge in [-0.15, -0.1) is 0 Å². The number of carbonyl (C=O) groups is 1. The first-order valence-electron chi connectivity index (χ1n) is 4.40. The van der Waals surface area contributed by atoms with Gasteiger partial charge in [0.1, 0.15) is 6.10 Å². The standard InChI is InChI=1S/C9H12O4/c10-5-3-7(12)9-6(11)1-2-13-8(9)4-5/h1-2,5,7-10,12H,3-4H2. The van der Waals surface area contributed by atoms with Crippen molar-refractivity contribution in [2.24, 2.45) is 5.92 Å². The number of ketones is 1. The number of hydrogen-bond donors (Lipinski definition) is 2. The molecule has 1 aliphatic carbocycles. The Kier molecular flexibility index (Phi) is 2.09. The Hall–Kier alpha value is -0.870. The highest BCUT2D eigenvalue weighted by Crippen LogP contribution is 2.31. The predicted molar refractivity (Wildman–Crippen MR) is 43.8 cm³/mol. The zero-order valence-electron chi connectivity index (χ0n) is 7.09. The molecule has 4 heteroatoms. The summed E-state index contributed by atoms with van der Waals surface area (Å²) in [6.45, 7) is 0. The molecule has 1 heterocycles. The Bertz CT molecular complexity index is 248. The zero-order valence-corrected chi connectivity index (χ0v) is 7.09. The third-order valence-electron chi connectivity index (χ3n) is 2.65. The van der Waals surface area contributed by atoms with Crippen LogP contribution >= 0.6 is 0 Å². The molecule has 0 radical (unpaired) electrons. The number of fused-ring (bicyclic) bond motifs is 1. The highest BCUT2D eigenvalue weighted by atomic mass is 16.5. The van der Waals surface area contributed by atoms with Gasteiger partial charge in [-0.2, -0.15) is 0 Å². The van der Waals surface area contributed by atoms with Crippen molar-refractivity contribution in [3.8, 4) is 0 Å². The molecule has 0 aromatic carbocycles. The number of rotatable bonds is 0. The van der Waals surface area contributed by atoms with E-state index >= 15 is 0 Å². The number of aliphatic hydroxyl groups is 2. The van der Waals surface area contributed by atoms with Gasteiger partial charge in [-0.1, -0.05) is 0 Å². The van der Waals surface area contributed by atoms with Gasteiger partial charge in [-0.3, -0.25) is 4.79 Å². The van der Waals surface area contributed by atoms with Crippen molar-refractivity contribution in [2.45, 2.75) is 31.2 Å². The lowest BCUT2D eigenvalue weighted by molar-refractivity contribution is -0.138. The average molecular weight is 184 g/mol. The van der Waals surface area contributed by atoms with Crippen LogP contribution in [-0.4, -0.2) is 34.3 Å². The average Bonchev–Trinajstić information content (AvgIpc) is 2.02. The van der Waals surface area contributed by atoms with Gasteiger partial charge < -0.3 is 14.9 Å². The minimum absolute atomic E-state index is 0.101. The molecule has 1 fully saturated rings. The van der Waals surface area contributed by atoms with Crippen LogP contribution in [0.2, 0.25) is 0 Å². The van der Waals surface area contributed by atoms with E-state index in [0.29, 0.717) is 6.42 Å². The van der Waals surface area contributed by atoms with Gasteiger partial charge in [0.05, 0.1) is 24.4 Å². The van der Waals surface area contributed by atoms with E-state index in [4.69, 9.17) is 4.74 Å². The molecule has 1 aliphatic heterocycles. The van der Waals surface area contributed by atoms with Gasteiger partial charge in [0.25, 0.3) is 0 Å². The molecular formula is C9H12O4. The molecule has 4 unspecified atom stereocenters. The van der Waals surface area contributed by atoms with Crippen LogP contribution in [0.1, 0.15) is 12.8 Å². The molecular weight excluding hydrogens is 172 g/mol. The van der Waals surface area contributed by atoms with Crippen LogP contribution in [0.5, 0.6) is 0 Å². The lowest BCUT2D eigenvalue weighted by Crippen LogP contribution is -2.47. The van der Waals surface area contributed by atoms with Crippen LogP contribution in [-0.2, 0) is 9.53 Å². The number of allylic oxidation sites excluding steroid dienone is 1. The number of aliphatic hydroxyl groups excluding tert-OH is 2. The van der Waals surface area contributed by atoms with Crippen molar-refractivity contribution in [1.29, 1.82) is 0 Å². The molecule has 72 valence electrons. The minimum atomic E-state index is -0.772. The third kappa shape index (κ3) is 1.47. The second kappa shape index (κ2) is 3.12. The van der Waals surface area contributed by atoms with Crippen molar-refractivity contribution >= 4 is 5.78 Å². The van der Waals surface area contributed by atoms with E-state index in [9.17, 15) is 15.0 Å². The number of ether oxygens (including phenoxy) is 1. The topological polar surface area (TPSA) is 66.8 Å². The third-order valence-corrected chi connectivity index (χ3v) is 2.65. The molecule has 2 N–H and O–H groups in total. The highest BCUT2D eigenvalue weighted by molar-refractivity contribution is 5.93. The second-order valence-corrected chi connectivity index (χ2v) is 3.60. The molecule has 2 rings (SSSR count). The Morgan fingerprint density at radius 1 is 1.38 bits per heavy atom. The van der Waals surface area contributed by atoms with Crippen LogP contribution in [0, 0.1) is 5.92 Å². The van der Waals surface area contributed by atoms with Gasteiger partial charge in [-0.25, -0.2) is 0 Å². The minimum Gasteiger partial charge on any atom is -0.497 e. The fourth-order valence-corrected chi connectivity index (χ4v) is 2.02. The SMILES string of the molecule is O=C1C=COC2CC(O)CC(O)C12. The first-order valence-corrected chi connectivity index (χ1v) is 4.40. The summed E-state index contributed by atoms with van der Waals surface area (Å²) < 4.78 is 5.17. The molecule has 1 saturated carbocycles. The molecule has 4 atom stereocenters. The van der Waals surface area contributed by atoms with E-state index in [-0.39, 0.29) is 18.3 Å². The second-order valence-electron chi connectivity index (χ2n) is 3.60. The Labute approximate surface area is 75.8 Å². The molecule has 13 heavy (non-hydrogen) atoms. The van der Waals surface area contributed by atoms with Gasteiger partial charge in [0.2, 0.25) is 0 Å². The maximum atomic E-state index is 11.3. The van der Waals surface area contributed by atoms with Gasteiger partial charge >= 0.3 is 0 Å². The summed E-state index contributed by atoms with van der Waals surface area (Å²) in [5.74, 6) is -0.580. The summed E-state index contributed by atoms with van der Waals surface area (Å²) in [6, 6.07) is 0. The normalized spacial score (nSPS) is 44.0. The summed E-state index contributed by atoms with van der Waals surface area (Å²) in [5.41, 5.74) is 0. The summed E-state index contributed by atoms with van der Waals surface area (Å²) in [6.07, 6.45) is 1.69. The lowest BCUT2D eigenvalue weighted by atomic mass is 9.79. The maximum Gasteiger partial charge on any atom is 0.168 e. The monoisotopic (exact) mass is 184 g/mol. The van der Waals surface area contributed by atoms with Gasteiger partial charge in [-0.05, 0) is 0 Å². The first kappa shape index (κ1) is 8.72. The van der Waals surface area contributed by atoms with E-state index in [2.05, 4.69) is 0 Å². The largest absolute Gasteiger partial charge is 0.497 e.